The van der Waals surface area contributed by atoms with Crippen LogP contribution in [0.4, 0.5) is 11.8 Å². The highest BCUT2D eigenvalue weighted by Crippen LogP contribution is 2.18. The molecule has 7 nitrogen and oxygen atoms in total. The third-order valence-electron chi connectivity index (χ3n) is 2.74. The molecular formula is C12H15N7S. The van der Waals surface area contributed by atoms with Gasteiger partial charge in [-0.05, 0) is 6.92 Å². The fourth-order valence-electron chi connectivity index (χ4n) is 1.86. The van der Waals surface area contributed by atoms with Gasteiger partial charge in [-0.3, -0.25) is 0 Å². The number of hydrogen-bond acceptors (Lipinski definition) is 7. The number of aromatic amines is 1. The Hall–Kier alpha value is -2.22. The van der Waals surface area contributed by atoms with Gasteiger partial charge < -0.3 is 15.6 Å². The molecular weight excluding hydrogens is 274 g/mol. The van der Waals surface area contributed by atoms with E-state index in [1.54, 1.807) is 17.7 Å². The molecule has 0 saturated carbocycles. The topological polar surface area (TPSA) is 91.4 Å². The Morgan fingerprint density at radius 1 is 1.25 bits per heavy atom. The molecule has 0 aromatic carbocycles. The van der Waals surface area contributed by atoms with Gasteiger partial charge in [-0.25, -0.2) is 9.97 Å². The summed E-state index contributed by atoms with van der Waals surface area (Å²) in [5.41, 5.74) is 1.48. The van der Waals surface area contributed by atoms with Crippen molar-refractivity contribution in [3.63, 3.8) is 0 Å². The first kappa shape index (κ1) is 12.8. The first-order chi connectivity index (χ1) is 9.86. The molecule has 3 aromatic rings. The minimum atomic E-state index is 0.587. The predicted octanol–water partition coefficient (Wildman–Crippen LogP) is 1.90. The summed E-state index contributed by atoms with van der Waals surface area (Å²) in [5, 5.41) is 9.52. The van der Waals surface area contributed by atoms with Gasteiger partial charge in [0.1, 0.15) is 5.52 Å². The minimum absolute atomic E-state index is 0.587. The van der Waals surface area contributed by atoms with E-state index in [-0.39, 0.29) is 0 Å². The molecule has 104 valence electrons. The van der Waals surface area contributed by atoms with Crippen LogP contribution < -0.4 is 10.6 Å². The maximum atomic E-state index is 4.46. The Kier molecular flexibility index (Phi) is 3.73. The molecule has 0 aliphatic rings. The lowest BCUT2D eigenvalue weighted by Crippen LogP contribution is -2.10. The van der Waals surface area contributed by atoms with Gasteiger partial charge in [0.2, 0.25) is 5.95 Å². The van der Waals surface area contributed by atoms with E-state index in [1.165, 1.54) is 0 Å². The maximum absolute atomic E-state index is 4.46. The molecule has 0 unspecified atom stereocenters. The number of aromatic nitrogens is 5. The smallest absolute Gasteiger partial charge is 0.226 e. The van der Waals surface area contributed by atoms with Crippen molar-refractivity contribution in [2.75, 3.05) is 23.7 Å². The van der Waals surface area contributed by atoms with E-state index >= 15 is 0 Å². The van der Waals surface area contributed by atoms with Gasteiger partial charge in [-0.15, -0.1) is 11.3 Å². The minimum Gasteiger partial charge on any atom is -0.368 e. The summed E-state index contributed by atoms with van der Waals surface area (Å²) in [7, 11) is 0. The second-order valence-corrected chi connectivity index (χ2v) is 5.11. The Labute approximate surface area is 119 Å². The first-order valence-corrected chi connectivity index (χ1v) is 7.32. The van der Waals surface area contributed by atoms with Crippen molar-refractivity contribution in [1.82, 2.24) is 24.9 Å². The molecule has 0 amide bonds. The molecule has 0 aliphatic carbocycles. The summed E-state index contributed by atoms with van der Waals surface area (Å²) in [4.78, 5) is 20.3. The summed E-state index contributed by atoms with van der Waals surface area (Å²) in [6, 6.07) is 0. The van der Waals surface area contributed by atoms with Crippen LogP contribution in [0.25, 0.3) is 11.2 Å². The predicted molar refractivity (Wildman–Crippen MR) is 80.2 cm³/mol. The number of fused-ring (bicyclic) bond motifs is 1. The zero-order valence-corrected chi connectivity index (χ0v) is 11.9. The van der Waals surface area contributed by atoms with Crippen LogP contribution >= 0.6 is 11.3 Å². The van der Waals surface area contributed by atoms with Gasteiger partial charge >= 0.3 is 0 Å². The summed E-state index contributed by atoms with van der Waals surface area (Å²) in [5.74, 6) is 1.35. The van der Waals surface area contributed by atoms with Gasteiger partial charge in [0.25, 0.3) is 0 Å². The number of imidazole rings is 1. The lowest BCUT2D eigenvalue weighted by molar-refractivity contribution is 0.984. The summed E-state index contributed by atoms with van der Waals surface area (Å²) in [6.07, 6.45) is 4.32. The van der Waals surface area contributed by atoms with Gasteiger partial charge in [0.05, 0.1) is 11.3 Å². The molecule has 3 heterocycles. The van der Waals surface area contributed by atoms with Crippen LogP contribution in [0.2, 0.25) is 0 Å². The molecule has 3 rings (SSSR count). The fraction of sp³-hybridized carbons (Fsp3) is 0.333. The molecule has 0 saturated heterocycles. The van der Waals surface area contributed by atoms with E-state index in [1.807, 2.05) is 18.5 Å². The van der Waals surface area contributed by atoms with Crippen molar-refractivity contribution >= 4 is 34.3 Å². The number of nitrogens with one attached hydrogen (secondary N) is 3. The number of hydrogen-bond donors (Lipinski definition) is 3. The lowest BCUT2D eigenvalue weighted by Gasteiger charge is -2.08. The lowest BCUT2D eigenvalue weighted by atomic mass is 10.4. The van der Waals surface area contributed by atoms with E-state index in [9.17, 15) is 0 Å². The second-order valence-electron chi connectivity index (χ2n) is 4.13. The van der Waals surface area contributed by atoms with E-state index in [4.69, 9.17) is 0 Å². The van der Waals surface area contributed by atoms with Crippen LogP contribution in [0.3, 0.4) is 0 Å². The summed E-state index contributed by atoms with van der Waals surface area (Å²) >= 11 is 1.66. The van der Waals surface area contributed by atoms with Crippen molar-refractivity contribution in [3.05, 3.63) is 22.9 Å². The zero-order chi connectivity index (χ0) is 13.8. The number of anilines is 2. The van der Waals surface area contributed by atoms with E-state index in [2.05, 4.69) is 35.6 Å². The standard InChI is InChI=1S/C12H15N7S/c1-2-13-12-18-10(9-11(19-12)17-7-16-9)15-4-3-8-14-5-6-20-8/h5-7H,2-4H2,1H3,(H3,13,15,16,17,18,19). The average molecular weight is 289 g/mol. The Morgan fingerprint density at radius 2 is 2.20 bits per heavy atom. The average Bonchev–Trinajstić information content (AvgIpc) is 3.09. The molecule has 0 atom stereocenters. The van der Waals surface area contributed by atoms with Crippen LogP contribution in [0, 0.1) is 0 Å². The van der Waals surface area contributed by atoms with Gasteiger partial charge in [0.15, 0.2) is 11.5 Å². The monoisotopic (exact) mass is 289 g/mol. The van der Waals surface area contributed by atoms with Crippen LogP contribution in [0.5, 0.6) is 0 Å². The highest BCUT2D eigenvalue weighted by atomic mass is 32.1. The fourth-order valence-corrected chi connectivity index (χ4v) is 2.48. The third kappa shape index (κ3) is 2.69. The normalized spacial score (nSPS) is 10.8. The highest BCUT2D eigenvalue weighted by molar-refractivity contribution is 7.09. The van der Waals surface area contributed by atoms with Crippen LogP contribution in [-0.2, 0) is 6.42 Å². The highest BCUT2D eigenvalue weighted by Gasteiger charge is 2.09. The molecule has 0 aliphatic heterocycles. The number of H-pyrrole nitrogens is 1. The molecule has 8 heteroatoms. The van der Waals surface area contributed by atoms with E-state index < -0.39 is 0 Å². The van der Waals surface area contributed by atoms with Crippen LogP contribution in [0.15, 0.2) is 17.9 Å². The van der Waals surface area contributed by atoms with Crippen molar-refractivity contribution in [2.45, 2.75) is 13.3 Å². The largest absolute Gasteiger partial charge is 0.368 e. The SMILES string of the molecule is CCNc1nc(NCCc2nccs2)c2[nH]cnc2n1. The van der Waals surface area contributed by atoms with E-state index in [0.717, 1.165) is 35.9 Å². The van der Waals surface area contributed by atoms with Crippen molar-refractivity contribution in [3.8, 4) is 0 Å². The zero-order valence-electron chi connectivity index (χ0n) is 11.1. The van der Waals surface area contributed by atoms with Gasteiger partial charge in [-0.1, -0.05) is 0 Å². The Morgan fingerprint density at radius 3 is 3.00 bits per heavy atom. The quantitative estimate of drug-likeness (QED) is 0.642. The third-order valence-corrected chi connectivity index (χ3v) is 3.57. The molecule has 0 spiro atoms. The molecule has 20 heavy (non-hydrogen) atoms. The number of nitrogens with zero attached hydrogens (tertiary/aromatic N) is 4. The maximum Gasteiger partial charge on any atom is 0.226 e. The van der Waals surface area contributed by atoms with Gasteiger partial charge in [0, 0.05) is 31.1 Å². The van der Waals surface area contributed by atoms with E-state index in [0.29, 0.717) is 11.6 Å². The Balaban J connectivity index is 1.76. The van der Waals surface area contributed by atoms with Crippen LogP contribution in [-0.4, -0.2) is 38.0 Å². The number of rotatable bonds is 6. The molecule has 0 radical (unpaired) electrons. The summed E-state index contributed by atoms with van der Waals surface area (Å²) in [6.45, 7) is 3.55. The second kappa shape index (κ2) is 5.83. The van der Waals surface area contributed by atoms with Crippen LogP contribution in [0.1, 0.15) is 11.9 Å². The van der Waals surface area contributed by atoms with Crippen molar-refractivity contribution in [1.29, 1.82) is 0 Å². The molecule has 0 fully saturated rings. The molecule has 3 N–H and O–H groups in total. The summed E-state index contributed by atoms with van der Waals surface area (Å²) < 4.78 is 0. The van der Waals surface area contributed by atoms with Crippen molar-refractivity contribution in [2.24, 2.45) is 0 Å². The van der Waals surface area contributed by atoms with Crippen molar-refractivity contribution < 1.29 is 0 Å². The first-order valence-electron chi connectivity index (χ1n) is 6.44. The Bertz CT molecular complexity index is 676. The van der Waals surface area contributed by atoms with Gasteiger partial charge in [-0.2, -0.15) is 9.97 Å². The molecule has 0 bridgehead atoms. The molecule has 3 aromatic heterocycles. The number of thiazole rings is 1.